The Labute approximate surface area is 221 Å². The molecule has 1 aromatic heterocycles. The fourth-order valence-electron chi connectivity index (χ4n) is 5.15. The molecule has 1 fully saturated rings. The van der Waals surface area contributed by atoms with Crippen molar-refractivity contribution < 1.29 is 17.6 Å². The van der Waals surface area contributed by atoms with E-state index in [9.17, 15) is 13.2 Å². The first kappa shape index (κ1) is 24.6. The molecule has 2 heterocycles. The molecule has 0 bridgehead atoms. The molecule has 0 spiro atoms. The number of piperazine rings is 1. The minimum atomic E-state index is -3.66. The standard InChI is InChI=1S/C28H29N5O4S/c1-29-38(35,36)22-16-20(15-21(17-22)33-12-10-32(2)11-13-33)30-28-31-25-5-3-4-24(27(25)37-28)19-6-8-23-18(14-19)7-9-26(23)34/h3-6,8,14-17,29H,7,9-13H2,1-2H3,(H,30,31). The second kappa shape index (κ2) is 9.54. The summed E-state index contributed by atoms with van der Waals surface area (Å²) in [7, 11) is -0.179. The summed E-state index contributed by atoms with van der Waals surface area (Å²) in [6.07, 6.45) is 1.31. The van der Waals surface area contributed by atoms with E-state index in [1.165, 1.54) is 7.05 Å². The van der Waals surface area contributed by atoms with Crippen molar-refractivity contribution >= 4 is 44.3 Å². The Bertz CT molecular complexity index is 1660. The number of ketones is 1. The predicted octanol–water partition coefficient (Wildman–Crippen LogP) is 4.03. The molecule has 2 N–H and O–H groups in total. The molecular formula is C28H29N5O4S. The molecule has 1 aliphatic carbocycles. The van der Waals surface area contributed by atoms with Crippen molar-refractivity contribution in [2.45, 2.75) is 17.7 Å². The normalized spacial score (nSPS) is 16.3. The van der Waals surface area contributed by atoms with Crippen LogP contribution in [0.1, 0.15) is 22.3 Å². The van der Waals surface area contributed by atoms with Gasteiger partial charge in [0.15, 0.2) is 11.4 Å². The van der Waals surface area contributed by atoms with Gasteiger partial charge in [0.1, 0.15) is 5.52 Å². The highest BCUT2D eigenvalue weighted by molar-refractivity contribution is 7.89. The molecule has 10 heteroatoms. The van der Waals surface area contributed by atoms with Crippen LogP contribution in [-0.4, -0.2) is 64.4 Å². The van der Waals surface area contributed by atoms with Gasteiger partial charge in [-0.3, -0.25) is 4.79 Å². The van der Waals surface area contributed by atoms with E-state index in [0.29, 0.717) is 23.2 Å². The number of sulfonamides is 1. The minimum absolute atomic E-state index is 0.170. The molecule has 3 aromatic carbocycles. The molecular weight excluding hydrogens is 502 g/mol. The van der Waals surface area contributed by atoms with Crippen molar-refractivity contribution in [1.82, 2.24) is 14.6 Å². The number of para-hydroxylation sites is 1. The Morgan fingerprint density at radius 3 is 2.55 bits per heavy atom. The fourth-order valence-corrected chi connectivity index (χ4v) is 5.95. The van der Waals surface area contributed by atoms with Gasteiger partial charge >= 0.3 is 0 Å². The molecule has 4 aromatic rings. The van der Waals surface area contributed by atoms with Crippen LogP contribution in [0, 0.1) is 0 Å². The Morgan fingerprint density at radius 1 is 0.947 bits per heavy atom. The lowest BCUT2D eigenvalue weighted by atomic mass is 10.00. The topological polar surface area (TPSA) is 108 Å². The van der Waals surface area contributed by atoms with E-state index in [-0.39, 0.29) is 16.7 Å². The monoisotopic (exact) mass is 531 g/mol. The number of carbonyl (C=O) groups excluding carboxylic acids is 1. The van der Waals surface area contributed by atoms with Crippen LogP contribution in [0.5, 0.6) is 0 Å². The molecule has 6 rings (SSSR count). The molecule has 0 amide bonds. The lowest BCUT2D eigenvalue weighted by Crippen LogP contribution is -2.44. The zero-order valence-electron chi connectivity index (χ0n) is 21.3. The van der Waals surface area contributed by atoms with Crippen LogP contribution in [-0.2, 0) is 16.4 Å². The lowest BCUT2D eigenvalue weighted by molar-refractivity contribution is 0.0994. The molecule has 0 saturated carbocycles. The van der Waals surface area contributed by atoms with E-state index in [1.54, 1.807) is 12.1 Å². The maximum atomic E-state index is 12.7. The molecule has 1 saturated heterocycles. The number of fused-ring (bicyclic) bond motifs is 2. The van der Waals surface area contributed by atoms with Gasteiger partial charge in [-0.1, -0.05) is 30.3 Å². The van der Waals surface area contributed by atoms with E-state index in [0.717, 1.165) is 60.5 Å². The summed E-state index contributed by atoms with van der Waals surface area (Å²) in [5, 5.41) is 3.19. The minimum Gasteiger partial charge on any atom is -0.423 e. The van der Waals surface area contributed by atoms with Crippen molar-refractivity contribution in [2.24, 2.45) is 0 Å². The third-order valence-electron chi connectivity index (χ3n) is 7.34. The lowest BCUT2D eigenvalue weighted by Gasteiger charge is -2.34. The number of Topliss-reactive ketones (excluding diaryl/α,β-unsaturated/α-hetero) is 1. The summed E-state index contributed by atoms with van der Waals surface area (Å²) < 4.78 is 34.0. The van der Waals surface area contributed by atoms with Crippen LogP contribution in [0.4, 0.5) is 17.4 Å². The van der Waals surface area contributed by atoms with E-state index in [1.807, 2.05) is 36.4 Å². The molecule has 0 atom stereocenters. The second-order valence-corrected chi connectivity index (χ2v) is 11.7. The second-order valence-electron chi connectivity index (χ2n) is 9.81. The van der Waals surface area contributed by atoms with Crippen LogP contribution < -0.4 is 14.9 Å². The third-order valence-corrected chi connectivity index (χ3v) is 8.74. The third kappa shape index (κ3) is 4.55. The number of rotatable bonds is 6. The highest BCUT2D eigenvalue weighted by Crippen LogP contribution is 2.35. The number of aryl methyl sites for hydroxylation is 1. The highest BCUT2D eigenvalue weighted by atomic mass is 32.2. The number of benzene rings is 3. The van der Waals surface area contributed by atoms with Crippen molar-refractivity contribution in [1.29, 1.82) is 0 Å². The molecule has 38 heavy (non-hydrogen) atoms. The average molecular weight is 532 g/mol. The highest BCUT2D eigenvalue weighted by Gasteiger charge is 2.22. The Morgan fingerprint density at radius 2 is 1.76 bits per heavy atom. The summed E-state index contributed by atoms with van der Waals surface area (Å²) in [5.74, 6) is 0.189. The number of anilines is 3. The van der Waals surface area contributed by atoms with E-state index >= 15 is 0 Å². The van der Waals surface area contributed by atoms with Crippen molar-refractivity contribution in [3.05, 3.63) is 65.7 Å². The average Bonchev–Trinajstić information content (AvgIpc) is 3.51. The zero-order valence-corrected chi connectivity index (χ0v) is 22.1. The van der Waals surface area contributed by atoms with Gasteiger partial charge < -0.3 is 19.5 Å². The molecule has 0 radical (unpaired) electrons. The molecule has 9 nitrogen and oxygen atoms in total. The molecule has 2 aliphatic rings. The van der Waals surface area contributed by atoms with Gasteiger partial charge in [-0.2, -0.15) is 4.98 Å². The van der Waals surface area contributed by atoms with Gasteiger partial charge in [0.25, 0.3) is 6.01 Å². The number of carbonyl (C=O) groups is 1. The summed E-state index contributed by atoms with van der Waals surface area (Å²) in [6, 6.07) is 17.1. The van der Waals surface area contributed by atoms with Crippen LogP contribution in [0.15, 0.2) is 63.9 Å². The zero-order chi connectivity index (χ0) is 26.4. The van der Waals surface area contributed by atoms with Crippen LogP contribution in [0.2, 0.25) is 0 Å². The summed E-state index contributed by atoms with van der Waals surface area (Å²) in [4.78, 5) is 21.3. The maximum absolute atomic E-state index is 12.7. The number of nitrogens with one attached hydrogen (secondary N) is 2. The summed E-state index contributed by atoms with van der Waals surface area (Å²) in [5.41, 5.74) is 6.40. The Hall–Kier alpha value is -3.73. The van der Waals surface area contributed by atoms with E-state index in [2.05, 4.69) is 37.9 Å². The molecule has 1 aliphatic heterocycles. The van der Waals surface area contributed by atoms with Crippen LogP contribution in [0.3, 0.4) is 0 Å². The van der Waals surface area contributed by atoms with Gasteiger partial charge in [0.05, 0.1) is 4.90 Å². The van der Waals surface area contributed by atoms with Crippen molar-refractivity contribution in [2.75, 3.05) is 50.5 Å². The summed E-state index contributed by atoms with van der Waals surface area (Å²) >= 11 is 0. The number of hydrogen-bond donors (Lipinski definition) is 2. The first-order valence-corrected chi connectivity index (χ1v) is 14.1. The summed E-state index contributed by atoms with van der Waals surface area (Å²) in [6.45, 7) is 3.41. The van der Waals surface area contributed by atoms with E-state index < -0.39 is 10.0 Å². The van der Waals surface area contributed by atoms with Gasteiger partial charge in [-0.25, -0.2) is 13.1 Å². The first-order valence-electron chi connectivity index (χ1n) is 12.7. The van der Waals surface area contributed by atoms with Crippen molar-refractivity contribution in [3.8, 4) is 11.1 Å². The van der Waals surface area contributed by atoms with Crippen LogP contribution in [0.25, 0.3) is 22.2 Å². The predicted molar refractivity (Wildman–Crippen MR) is 148 cm³/mol. The smallest absolute Gasteiger partial charge is 0.300 e. The maximum Gasteiger partial charge on any atom is 0.300 e. The first-order chi connectivity index (χ1) is 18.3. The van der Waals surface area contributed by atoms with Gasteiger partial charge in [0.2, 0.25) is 10.0 Å². The Balaban J connectivity index is 1.36. The van der Waals surface area contributed by atoms with E-state index in [4.69, 9.17) is 4.42 Å². The largest absolute Gasteiger partial charge is 0.423 e. The van der Waals surface area contributed by atoms with Gasteiger partial charge in [0, 0.05) is 55.1 Å². The fraction of sp³-hybridized carbons (Fsp3) is 0.286. The Kier molecular flexibility index (Phi) is 6.17. The molecule has 196 valence electrons. The number of oxazole rings is 1. The van der Waals surface area contributed by atoms with Crippen molar-refractivity contribution in [3.63, 3.8) is 0 Å². The number of likely N-dealkylation sites (N-methyl/N-ethyl adjacent to an activating group) is 1. The quantitative estimate of drug-likeness (QED) is 0.384. The number of hydrogen-bond acceptors (Lipinski definition) is 8. The number of nitrogens with zero attached hydrogens (tertiary/aromatic N) is 3. The number of aromatic nitrogens is 1. The SMILES string of the molecule is CNS(=O)(=O)c1cc(Nc2nc3cccc(-c4ccc5c(c4)CCC5=O)c3o2)cc(N2CCN(C)CC2)c1. The van der Waals surface area contributed by atoms with Crippen LogP contribution >= 0.6 is 0 Å². The van der Waals surface area contributed by atoms with Gasteiger partial charge in [-0.05, 0) is 55.9 Å². The molecule has 0 unspecified atom stereocenters. The van der Waals surface area contributed by atoms with Gasteiger partial charge in [-0.15, -0.1) is 0 Å².